The Morgan fingerprint density at radius 3 is 2.30 bits per heavy atom. The Kier molecular flexibility index (Phi) is 8.85. The van der Waals surface area contributed by atoms with Crippen molar-refractivity contribution in [3.8, 4) is 11.1 Å². The van der Waals surface area contributed by atoms with Crippen LogP contribution in [0.1, 0.15) is 11.4 Å². The summed E-state index contributed by atoms with van der Waals surface area (Å²) in [5, 5.41) is 6.89. The normalized spacial score (nSPS) is 15.3. The summed E-state index contributed by atoms with van der Waals surface area (Å²) in [4.78, 5) is 21.6. The van der Waals surface area contributed by atoms with Gasteiger partial charge in [-0.25, -0.2) is 23.1 Å². The Labute approximate surface area is 177 Å². The minimum Gasteiger partial charge on any atom is -0.483 e. The van der Waals surface area contributed by atoms with Crippen LogP contribution in [0.15, 0.2) is 35.5 Å². The number of likely N-dealkylation sites (N-methyl/N-ethyl adjacent to an activating group) is 1. The van der Waals surface area contributed by atoms with Crippen molar-refractivity contribution < 1.29 is 18.3 Å². The molecular formula is C20H29N5O4S. The number of carboxylic acid groups (broad SMARTS) is 1. The third-order valence-corrected chi connectivity index (χ3v) is 6.37. The molecule has 2 aromatic rings. The molecule has 2 N–H and O–H groups in total. The quantitative estimate of drug-likeness (QED) is 0.646. The van der Waals surface area contributed by atoms with Gasteiger partial charge >= 0.3 is 0 Å². The summed E-state index contributed by atoms with van der Waals surface area (Å²) >= 11 is 0. The van der Waals surface area contributed by atoms with E-state index in [9.17, 15) is 8.42 Å². The molecule has 164 valence electrons. The fourth-order valence-electron chi connectivity index (χ4n) is 3.15. The molecule has 2 heterocycles. The lowest BCUT2D eigenvalue weighted by Gasteiger charge is -2.32. The molecule has 0 radical (unpaired) electrons. The Hall–Kier alpha value is -2.40. The number of rotatable bonds is 6. The van der Waals surface area contributed by atoms with Gasteiger partial charge in [0.25, 0.3) is 6.47 Å². The van der Waals surface area contributed by atoms with E-state index in [1.165, 1.54) is 0 Å². The number of aromatic nitrogens is 2. The number of carbonyl (C=O) groups is 1. The predicted octanol–water partition coefficient (Wildman–Crippen LogP) is 0.987. The number of benzene rings is 1. The standard InChI is InChI=1S/C19H27N5O2S.CH2O2/c1-15-12-18(4-5-19(15)17-13-20-16(2)21-14-17)27(25,26)22-6-7-24-10-8-23(3)9-11-24;2-1-3/h4-5,12-14,22H,6-11H2,1-3H3;1H,(H,2,3). The molecule has 1 aliphatic heterocycles. The van der Waals surface area contributed by atoms with Crippen molar-refractivity contribution in [3.05, 3.63) is 42.0 Å². The molecule has 1 aromatic carbocycles. The van der Waals surface area contributed by atoms with E-state index < -0.39 is 10.0 Å². The Balaban J connectivity index is 0.00000101. The Morgan fingerprint density at radius 1 is 1.13 bits per heavy atom. The first-order valence-electron chi connectivity index (χ1n) is 9.65. The average molecular weight is 436 g/mol. The molecule has 0 amide bonds. The molecule has 0 spiro atoms. The zero-order valence-corrected chi connectivity index (χ0v) is 18.4. The van der Waals surface area contributed by atoms with Gasteiger partial charge in [-0.1, -0.05) is 6.07 Å². The van der Waals surface area contributed by atoms with Crippen LogP contribution in [0.5, 0.6) is 0 Å². The first kappa shape index (κ1) is 23.9. The highest BCUT2D eigenvalue weighted by atomic mass is 32.2. The van der Waals surface area contributed by atoms with Gasteiger partial charge < -0.3 is 10.0 Å². The van der Waals surface area contributed by atoms with Gasteiger partial charge in [0.15, 0.2) is 0 Å². The topological polar surface area (TPSA) is 116 Å². The maximum Gasteiger partial charge on any atom is 0.290 e. The van der Waals surface area contributed by atoms with Gasteiger partial charge in [-0.3, -0.25) is 9.69 Å². The highest BCUT2D eigenvalue weighted by Crippen LogP contribution is 2.24. The molecule has 0 unspecified atom stereocenters. The summed E-state index contributed by atoms with van der Waals surface area (Å²) in [7, 11) is -1.41. The van der Waals surface area contributed by atoms with E-state index in [1.807, 2.05) is 19.9 Å². The number of nitrogens with one attached hydrogen (secondary N) is 1. The van der Waals surface area contributed by atoms with Gasteiger partial charge in [0, 0.05) is 57.2 Å². The number of sulfonamides is 1. The molecule has 0 aliphatic carbocycles. The molecule has 0 atom stereocenters. The first-order valence-corrected chi connectivity index (χ1v) is 11.1. The van der Waals surface area contributed by atoms with Crippen LogP contribution in [-0.4, -0.2) is 86.1 Å². The average Bonchev–Trinajstić information content (AvgIpc) is 2.71. The van der Waals surface area contributed by atoms with Gasteiger partial charge in [-0.15, -0.1) is 0 Å². The van der Waals surface area contributed by atoms with Crippen molar-refractivity contribution in [3.63, 3.8) is 0 Å². The Bertz CT molecular complexity index is 927. The zero-order valence-electron chi connectivity index (χ0n) is 17.6. The van der Waals surface area contributed by atoms with Gasteiger partial charge in [0.2, 0.25) is 10.0 Å². The Morgan fingerprint density at radius 2 is 1.73 bits per heavy atom. The van der Waals surface area contributed by atoms with E-state index in [-0.39, 0.29) is 11.4 Å². The number of hydrogen-bond donors (Lipinski definition) is 2. The maximum atomic E-state index is 12.6. The monoisotopic (exact) mass is 435 g/mol. The highest BCUT2D eigenvalue weighted by Gasteiger charge is 2.17. The van der Waals surface area contributed by atoms with Crippen molar-refractivity contribution in [2.24, 2.45) is 0 Å². The summed E-state index contributed by atoms with van der Waals surface area (Å²) in [5.74, 6) is 0.708. The lowest BCUT2D eigenvalue weighted by molar-refractivity contribution is -0.122. The van der Waals surface area contributed by atoms with E-state index in [4.69, 9.17) is 9.90 Å². The molecule has 10 heteroatoms. The van der Waals surface area contributed by atoms with Crippen LogP contribution in [0, 0.1) is 13.8 Å². The first-order chi connectivity index (χ1) is 14.3. The van der Waals surface area contributed by atoms with Crippen LogP contribution in [0.2, 0.25) is 0 Å². The van der Waals surface area contributed by atoms with Crippen molar-refractivity contribution in [2.75, 3.05) is 46.3 Å². The summed E-state index contributed by atoms with van der Waals surface area (Å²) in [6.07, 6.45) is 3.51. The number of aryl methyl sites for hydroxylation is 2. The van der Waals surface area contributed by atoms with Crippen molar-refractivity contribution >= 4 is 16.5 Å². The molecule has 1 aromatic heterocycles. The van der Waals surface area contributed by atoms with Gasteiger partial charge in [-0.2, -0.15) is 0 Å². The second kappa shape index (κ2) is 11.1. The smallest absolute Gasteiger partial charge is 0.290 e. The zero-order chi connectivity index (χ0) is 22.1. The van der Waals surface area contributed by atoms with Crippen molar-refractivity contribution in [1.29, 1.82) is 0 Å². The van der Waals surface area contributed by atoms with Gasteiger partial charge in [-0.05, 0) is 44.2 Å². The molecule has 1 fully saturated rings. The van der Waals surface area contributed by atoms with E-state index in [1.54, 1.807) is 24.5 Å². The van der Waals surface area contributed by atoms with E-state index >= 15 is 0 Å². The molecule has 9 nitrogen and oxygen atoms in total. The second-order valence-corrected chi connectivity index (χ2v) is 8.91. The predicted molar refractivity (Wildman–Crippen MR) is 115 cm³/mol. The van der Waals surface area contributed by atoms with Crippen LogP contribution in [0.4, 0.5) is 0 Å². The fourth-order valence-corrected chi connectivity index (χ4v) is 4.26. The van der Waals surface area contributed by atoms with Gasteiger partial charge in [0.1, 0.15) is 5.82 Å². The summed E-state index contributed by atoms with van der Waals surface area (Å²) < 4.78 is 27.9. The second-order valence-electron chi connectivity index (χ2n) is 7.14. The van der Waals surface area contributed by atoms with Crippen LogP contribution >= 0.6 is 0 Å². The lowest BCUT2D eigenvalue weighted by Crippen LogP contribution is -2.46. The molecular weight excluding hydrogens is 406 g/mol. The van der Waals surface area contributed by atoms with Crippen molar-refractivity contribution in [1.82, 2.24) is 24.5 Å². The molecule has 3 rings (SSSR count). The maximum absolute atomic E-state index is 12.6. The highest BCUT2D eigenvalue weighted by molar-refractivity contribution is 7.89. The summed E-state index contributed by atoms with van der Waals surface area (Å²) in [5.41, 5.74) is 2.70. The van der Waals surface area contributed by atoms with Crippen LogP contribution in [0.25, 0.3) is 11.1 Å². The van der Waals surface area contributed by atoms with E-state index in [0.29, 0.717) is 12.4 Å². The SMILES string of the molecule is Cc1ncc(-c2ccc(S(=O)(=O)NCCN3CCN(C)CC3)cc2C)cn1.O=CO. The molecule has 1 aliphatic rings. The van der Waals surface area contributed by atoms with Crippen LogP contribution in [0.3, 0.4) is 0 Å². The number of hydrogen-bond acceptors (Lipinski definition) is 7. The third-order valence-electron chi connectivity index (χ3n) is 4.92. The summed E-state index contributed by atoms with van der Waals surface area (Å²) in [6, 6.07) is 5.16. The minimum atomic E-state index is -3.52. The van der Waals surface area contributed by atoms with Crippen LogP contribution in [-0.2, 0) is 14.8 Å². The molecule has 30 heavy (non-hydrogen) atoms. The summed E-state index contributed by atoms with van der Waals surface area (Å²) in [6.45, 7) is 8.63. The number of piperazine rings is 1. The molecule has 0 saturated carbocycles. The largest absolute Gasteiger partial charge is 0.483 e. The minimum absolute atomic E-state index is 0.250. The molecule has 1 saturated heterocycles. The van der Waals surface area contributed by atoms with Crippen molar-refractivity contribution in [2.45, 2.75) is 18.7 Å². The molecule has 0 bridgehead atoms. The lowest BCUT2D eigenvalue weighted by atomic mass is 10.0. The van der Waals surface area contributed by atoms with Crippen LogP contribution < -0.4 is 4.72 Å². The third kappa shape index (κ3) is 6.84. The van der Waals surface area contributed by atoms with E-state index in [2.05, 4.69) is 31.5 Å². The van der Waals surface area contributed by atoms with E-state index in [0.717, 1.165) is 49.4 Å². The fraction of sp³-hybridized carbons (Fsp3) is 0.450. The number of nitrogens with zero attached hydrogens (tertiary/aromatic N) is 4. The van der Waals surface area contributed by atoms with Gasteiger partial charge in [0.05, 0.1) is 4.90 Å².